The minimum Gasteiger partial charge on any atom is -0.480 e. The molecule has 14 heavy (non-hydrogen) atoms. The highest BCUT2D eigenvalue weighted by Crippen LogP contribution is 2.35. The highest BCUT2D eigenvalue weighted by atomic mass is 79.9. The summed E-state index contributed by atoms with van der Waals surface area (Å²) >= 11 is 5.88. The van der Waals surface area contributed by atoms with Crippen LogP contribution in [-0.4, -0.2) is 31.8 Å². The van der Waals surface area contributed by atoms with Gasteiger partial charge in [0, 0.05) is 5.41 Å². The number of hydrogen-bond donors (Lipinski definition) is 2. The van der Waals surface area contributed by atoms with Gasteiger partial charge in [-0.1, -0.05) is 45.7 Å². The summed E-state index contributed by atoms with van der Waals surface area (Å²) in [5, 5.41) is 17.4. The Kier molecular flexibility index (Phi) is 7.03. The molecule has 2 unspecified atom stereocenters. The Hall–Kier alpha value is 0.190. The van der Waals surface area contributed by atoms with Crippen molar-refractivity contribution in [3.8, 4) is 0 Å². The standard InChI is InChI=1S/C7H10Br2O4.ClH/c1-7(2,3(8)5(10)11)4(9)6(12)13;/h3-4H,1-2H3,(H,10,11)(H,12,13);1H. The van der Waals surface area contributed by atoms with E-state index < -0.39 is 27.0 Å². The van der Waals surface area contributed by atoms with E-state index in [-0.39, 0.29) is 12.4 Å². The summed E-state index contributed by atoms with van der Waals surface area (Å²) < 4.78 is 0. The molecule has 0 heterocycles. The van der Waals surface area contributed by atoms with Crippen molar-refractivity contribution < 1.29 is 19.8 Å². The van der Waals surface area contributed by atoms with Gasteiger partial charge in [0.15, 0.2) is 0 Å². The maximum atomic E-state index is 10.6. The largest absolute Gasteiger partial charge is 0.480 e. The van der Waals surface area contributed by atoms with E-state index in [4.69, 9.17) is 10.2 Å². The fourth-order valence-electron chi connectivity index (χ4n) is 0.765. The molecule has 2 N–H and O–H groups in total. The highest BCUT2D eigenvalue weighted by Gasteiger charge is 2.42. The zero-order valence-electron chi connectivity index (χ0n) is 7.53. The normalized spacial score (nSPS) is 15.1. The summed E-state index contributed by atoms with van der Waals surface area (Å²) in [7, 11) is 0. The van der Waals surface area contributed by atoms with Crippen LogP contribution in [0.1, 0.15) is 13.8 Å². The summed E-state index contributed by atoms with van der Waals surface area (Å²) in [4.78, 5) is 19.4. The molecule has 7 heteroatoms. The molecule has 0 spiro atoms. The molecule has 2 atom stereocenters. The second-order valence-corrected chi connectivity index (χ2v) is 5.05. The van der Waals surface area contributed by atoms with Gasteiger partial charge in [-0.3, -0.25) is 9.59 Å². The average molecular weight is 354 g/mol. The number of alkyl halides is 2. The molecule has 0 aromatic carbocycles. The number of carboxylic acids is 2. The smallest absolute Gasteiger partial charge is 0.317 e. The van der Waals surface area contributed by atoms with Crippen LogP contribution in [0.15, 0.2) is 0 Å². The lowest BCUT2D eigenvalue weighted by atomic mass is 9.85. The van der Waals surface area contributed by atoms with Crippen molar-refractivity contribution in [2.45, 2.75) is 23.5 Å². The molecule has 0 radical (unpaired) electrons. The van der Waals surface area contributed by atoms with E-state index >= 15 is 0 Å². The second-order valence-electron chi connectivity index (χ2n) is 3.22. The molecule has 0 saturated heterocycles. The summed E-state index contributed by atoms with van der Waals surface area (Å²) in [6, 6.07) is 0. The number of aliphatic carboxylic acids is 2. The zero-order valence-corrected chi connectivity index (χ0v) is 11.5. The Labute approximate surface area is 105 Å². The third-order valence-electron chi connectivity index (χ3n) is 1.74. The van der Waals surface area contributed by atoms with Gasteiger partial charge in [-0.25, -0.2) is 0 Å². The molecule has 4 nitrogen and oxygen atoms in total. The Morgan fingerprint density at radius 2 is 1.29 bits per heavy atom. The number of carbonyl (C=O) groups is 2. The highest BCUT2D eigenvalue weighted by molar-refractivity contribution is 9.10. The topological polar surface area (TPSA) is 74.6 Å². The predicted octanol–water partition coefficient (Wildman–Crippen LogP) is 2.13. The van der Waals surface area contributed by atoms with Crippen molar-refractivity contribution in [3.05, 3.63) is 0 Å². The molecule has 0 aromatic heterocycles. The molecule has 0 aliphatic rings. The number of carboxylic acid groups (broad SMARTS) is 2. The molecule has 0 aliphatic heterocycles. The summed E-state index contributed by atoms with van der Waals surface area (Å²) in [6.45, 7) is 3.13. The van der Waals surface area contributed by atoms with E-state index in [0.29, 0.717) is 0 Å². The first kappa shape index (κ1) is 16.6. The number of rotatable bonds is 4. The van der Waals surface area contributed by atoms with Crippen LogP contribution in [0.3, 0.4) is 0 Å². The van der Waals surface area contributed by atoms with Crippen LogP contribution in [0.25, 0.3) is 0 Å². The predicted molar refractivity (Wildman–Crippen MR) is 61.7 cm³/mol. The van der Waals surface area contributed by atoms with Gasteiger partial charge in [0.1, 0.15) is 9.65 Å². The summed E-state index contributed by atoms with van der Waals surface area (Å²) in [6.07, 6.45) is 0. The second kappa shape index (κ2) is 5.92. The van der Waals surface area contributed by atoms with Gasteiger partial charge in [0.05, 0.1) is 0 Å². The van der Waals surface area contributed by atoms with Crippen LogP contribution in [0.4, 0.5) is 0 Å². The fourth-order valence-corrected chi connectivity index (χ4v) is 1.65. The van der Waals surface area contributed by atoms with Gasteiger partial charge < -0.3 is 10.2 Å². The Morgan fingerprint density at radius 3 is 1.43 bits per heavy atom. The van der Waals surface area contributed by atoms with Gasteiger partial charge in [0.25, 0.3) is 0 Å². The minimum atomic E-state index is -1.07. The van der Waals surface area contributed by atoms with E-state index in [0.717, 1.165) is 0 Å². The fraction of sp³-hybridized carbons (Fsp3) is 0.714. The molecular formula is C7H11Br2ClO4. The molecule has 0 fully saturated rings. The molecule has 0 amide bonds. The molecular weight excluding hydrogens is 343 g/mol. The summed E-state index contributed by atoms with van der Waals surface area (Å²) in [5.41, 5.74) is -0.905. The maximum Gasteiger partial charge on any atom is 0.317 e. The van der Waals surface area contributed by atoms with Gasteiger partial charge >= 0.3 is 11.9 Å². The minimum absolute atomic E-state index is 0. The van der Waals surface area contributed by atoms with Crippen LogP contribution in [-0.2, 0) is 9.59 Å². The molecule has 0 aliphatic carbocycles. The Morgan fingerprint density at radius 1 is 1.07 bits per heavy atom. The first-order valence-corrected chi connectivity index (χ1v) is 5.28. The molecule has 0 aromatic rings. The SMILES string of the molecule is CC(C)(C(Br)C(=O)O)C(Br)C(=O)O.Cl. The Balaban J connectivity index is 0. The van der Waals surface area contributed by atoms with Crippen LogP contribution in [0.5, 0.6) is 0 Å². The van der Waals surface area contributed by atoms with Crippen LogP contribution >= 0.6 is 44.3 Å². The third kappa shape index (κ3) is 3.74. The lowest BCUT2D eigenvalue weighted by Gasteiger charge is -2.29. The van der Waals surface area contributed by atoms with Gasteiger partial charge in [0.2, 0.25) is 0 Å². The quantitative estimate of drug-likeness (QED) is 0.759. The lowest BCUT2D eigenvalue weighted by molar-refractivity contribution is -0.141. The van der Waals surface area contributed by atoms with Crippen molar-refractivity contribution in [2.75, 3.05) is 0 Å². The monoisotopic (exact) mass is 352 g/mol. The molecule has 84 valence electrons. The first-order chi connectivity index (χ1) is 5.71. The van der Waals surface area contributed by atoms with Crippen molar-refractivity contribution in [2.24, 2.45) is 5.41 Å². The van der Waals surface area contributed by atoms with Crippen molar-refractivity contribution in [1.29, 1.82) is 0 Å². The van der Waals surface area contributed by atoms with Crippen LogP contribution in [0, 0.1) is 5.41 Å². The van der Waals surface area contributed by atoms with E-state index in [1.165, 1.54) is 0 Å². The van der Waals surface area contributed by atoms with Crippen molar-refractivity contribution in [1.82, 2.24) is 0 Å². The Bertz CT molecular complexity index is 210. The zero-order chi connectivity index (χ0) is 10.8. The van der Waals surface area contributed by atoms with E-state index in [2.05, 4.69) is 31.9 Å². The number of hydrogen-bond acceptors (Lipinski definition) is 2. The van der Waals surface area contributed by atoms with Gasteiger partial charge in [-0.15, -0.1) is 12.4 Å². The van der Waals surface area contributed by atoms with E-state index in [1.807, 2.05) is 0 Å². The molecule has 0 rings (SSSR count). The lowest BCUT2D eigenvalue weighted by Crippen LogP contribution is -2.42. The third-order valence-corrected chi connectivity index (χ3v) is 4.88. The van der Waals surface area contributed by atoms with E-state index in [9.17, 15) is 9.59 Å². The van der Waals surface area contributed by atoms with Crippen molar-refractivity contribution in [3.63, 3.8) is 0 Å². The van der Waals surface area contributed by atoms with Crippen LogP contribution < -0.4 is 0 Å². The van der Waals surface area contributed by atoms with Crippen LogP contribution in [0.2, 0.25) is 0 Å². The van der Waals surface area contributed by atoms with Crippen molar-refractivity contribution >= 4 is 56.2 Å². The maximum absolute atomic E-state index is 10.6. The summed E-state index contributed by atoms with van der Waals surface area (Å²) in [5.74, 6) is -2.15. The van der Waals surface area contributed by atoms with Gasteiger partial charge in [-0.2, -0.15) is 0 Å². The molecule has 0 bridgehead atoms. The number of halogens is 3. The molecule has 0 saturated carbocycles. The first-order valence-electron chi connectivity index (χ1n) is 3.45. The van der Waals surface area contributed by atoms with Gasteiger partial charge in [-0.05, 0) is 0 Å². The average Bonchev–Trinajstić information content (AvgIpc) is 2.01. The van der Waals surface area contributed by atoms with E-state index in [1.54, 1.807) is 13.8 Å².